The van der Waals surface area contributed by atoms with Crippen LogP contribution >= 0.6 is 0 Å². The molecule has 0 aromatic heterocycles. The second kappa shape index (κ2) is 12.2. The molecule has 1 N–H and O–H groups in total. The summed E-state index contributed by atoms with van der Waals surface area (Å²) in [6, 6.07) is 31.1. The van der Waals surface area contributed by atoms with Crippen molar-refractivity contribution in [2.75, 3.05) is 0 Å². The van der Waals surface area contributed by atoms with Crippen LogP contribution < -0.4 is 4.74 Å². The summed E-state index contributed by atoms with van der Waals surface area (Å²) in [5, 5.41) is 11.1. The Hall–Kier alpha value is -4.89. The Kier molecular flexibility index (Phi) is 8.30. The van der Waals surface area contributed by atoms with Crippen LogP contribution in [0.3, 0.4) is 0 Å². The molecule has 4 rings (SSSR count). The molecule has 4 aromatic rings. The maximum absolute atomic E-state index is 12.5. The lowest BCUT2D eigenvalue weighted by Gasteiger charge is -2.15. The molecule has 3 nitrogen and oxygen atoms in total. The Morgan fingerprint density at radius 2 is 1.05 bits per heavy atom. The van der Waals surface area contributed by atoms with Crippen LogP contribution in [0.4, 0.5) is 0 Å². The standard InChI is InChI=1S/C34H28O3/c1-25(2)34(36)37-33-24-32(35)30(22-19-27-14-8-4-9-15-27)29(21-18-26-12-6-3-7-13-26)31(33)23-20-28-16-10-5-11-17-28/h3-24,35H,1H2,2H3/b21-18+,22-19+,23-20+. The highest BCUT2D eigenvalue weighted by atomic mass is 16.5. The summed E-state index contributed by atoms with van der Waals surface area (Å²) in [6.07, 6.45) is 11.6. The van der Waals surface area contributed by atoms with Gasteiger partial charge < -0.3 is 9.84 Å². The molecule has 0 aliphatic rings. The zero-order valence-electron chi connectivity index (χ0n) is 20.7. The number of aromatic hydroxyl groups is 1. The van der Waals surface area contributed by atoms with Gasteiger partial charge in [-0.1, -0.05) is 134 Å². The number of rotatable bonds is 8. The first-order valence-electron chi connectivity index (χ1n) is 12.0. The third-order valence-electron chi connectivity index (χ3n) is 5.67. The third-order valence-corrected chi connectivity index (χ3v) is 5.67. The second-order valence-corrected chi connectivity index (χ2v) is 8.54. The van der Waals surface area contributed by atoms with E-state index in [-0.39, 0.29) is 17.1 Å². The summed E-state index contributed by atoms with van der Waals surface area (Å²) in [7, 11) is 0. The number of benzene rings is 4. The molecule has 0 saturated carbocycles. The predicted octanol–water partition coefficient (Wildman–Crippen LogP) is 8.38. The molecule has 0 fully saturated rings. The Morgan fingerprint density at radius 1 is 0.649 bits per heavy atom. The molecule has 0 unspecified atom stereocenters. The summed E-state index contributed by atoms with van der Waals surface area (Å²) in [5.41, 5.74) is 5.25. The topological polar surface area (TPSA) is 46.5 Å². The van der Waals surface area contributed by atoms with E-state index in [0.717, 1.165) is 16.7 Å². The molecular weight excluding hydrogens is 456 g/mol. The zero-order valence-corrected chi connectivity index (χ0v) is 20.7. The highest BCUT2D eigenvalue weighted by Gasteiger charge is 2.17. The van der Waals surface area contributed by atoms with Crippen molar-refractivity contribution in [1.82, 2.24) is 0 Å². The van der Waals surface area contributed by atoms with E-state index >= 15 is 0 Å². The summed E-state index contributed by atoms with van der Waals surface area (Å²) < 4.78 is 5.68. The molecule has 0 radical (unpaired) electrons. The minimum absolute atomic E-state index is 0.00118. The van der Waals surface area contributed by atoms with E-state index in [4.69, 9.17) is 4.74 Å². The van der Waals surface area contributed by atoms with Crippen LogP contribution in [0.2, 0.25) is 0 Å². The number of hydrogen-bond donors (Lipinski definition) is 1. The van der Waals surface area contributed by atoms with E-state index < -0.39 is 5.97 Å². The highest BCUT2D eigenvalue weighted by molar-refractivity contribution is 5.93. The van der Waals surface area contributed by atoms with Crippen molar-refractivity contribution < 1.29 is 14.6 Å². The van der Waals surface area contributed by atoms with Gasteiger partial charge in [0.1, 0.15) is 11.5 Å². The smallest absolute Gasteiger partial charge is 0.338 e. The van der Waals surface area contributed by atoms with Gasteiger partial charge in [-0.2, -0.15) is 0 Å². The number of hydrogen-bond acceptors (Lipinski definition) is 3. The van der Waals surface area contributed by atoms with Gasteiger partial charge >= 0.3 is 5.97 Å². The van der Waals surface area contributed by atoms with Gasteiger partial charge in [0.05, 0.1) is 0 Å². The molecule has 3 heteroatoms. The molecule has 0 aliphatic heterocycles. The van der Waals surface area contributed by atoms with Crippen LogP contribution in [-0.2, 0) is 4.79 Å². The van der Waals surface area contributed by atoms with Crippen molar-refractivity contribution in [1.29, 1.82) is 0 Å². The van der Waals surface area contributed by atoms with Gasteiger partial charge in [-0.25, -0.2) is 4.79 Å². The number of phenols is 1. The van der Waals surface area contributed by atoms with Crippen LogP contribution in [0.15, 0.2) is 109 Å². The maximum Gasteiger partial charge on any atom is 0.338 e. The fourth-order valence-electron chi connectivity index (χ4n) is 3.72. The number of carbonyl (C=O) groups is 1. The largest absolute Gasteiger partial charge is 0.507 e. The minimum atomic E-state index is -0.556. The van der Waals surface area contributed by atoms with E-state index in [1.165, 1.54) is 6.07 Å². The molecule has 37 heavy (non-hydrogen) atoms. The minimum Gasteiger partial charge on any atom is -0.507 e. The zero-order chi connectivity index (χ0) is 26.0. The van der Waals surface area contributed by atoms with Gasteiger partial charge in [0, 0.05) is 22.8 Å². The third kappa shape index (κ3) is 6.83. The Balaban J connectivity index is 1.91. The van der Waals surface area contributed by atoms with Crippen LogP contribution in [-0.4, -0.2) is 11.1 Å². The molecule has 0 atom stereocenters. The first kappa shape index (κ1) is 25.2. The van der Waals surface area contributed by atoms with E-state index in [2.05, 4.69) is 6.58 Å². The lowest BCUT2D eigenvalue weighted by molar-refractivity contribution is -0.130. The fraction of sp³-hybridized carbons (Fsp3) is 0.0294. The summed E-state index contributed by atoms with van der Waals surface area (Å²) >= 11 is 0. The Morgan fingerprint density at radius 3 is 1.49 bits per heavy atom. The van der Waals surface area contributed by atoms with Crippen molar-refractivity contribution in [2.24, 2.45) is 0 Å². The van der Waals surface area contributed by atoms with Gasteiger partial charge in [-0.05, 0) is 29.2 Å². The number of carbonyl (C=O) groups excluding carboxylic acids is 1. The van der Waals surface area contributed by atoms with Crippen LogP contribution in [0.25, 0.3) is 36.5 Å². The molecule has 0 bridgehead atoms. The van der Waals surface area contributed by atoms with Crippen molar-refractivity contribution in [3.8, 4) is 11.5 Å². The SMILES string of the molecule is C=C(C)C(=O)Oc1cc(O)c(/C=C/c2ccccc2)c(/C=C/c2ccccc2)c1/C=C/c1ccccc1. The van der Waals surface area contributed by atoms with Gasteiger partial charge in [0.2, 0.25) is 0 Å². The predicted molar refractivity (Wildman–Crippen MR) is 155 cm³/mol. The van der Waals surface area contributed by atoms with Gasteiger partial charge in [0.15, 0.2) is 0 Å². The normalized spacial score (nSPS) is 11.4. The van der Waals surface area contributed by atoms with Gasteiger partial charge in [-0.3, -0.25) is 0 Å². The second-order valence-electron chi connectivity index (χ2n) is 8.54. The summed E-state index contributed by atoms with van der Waals surface area (Å²) in [6.45, 7) is 5.29. The lowest BCUT2D eigenvalue weighted by atomic mass is 9.95. The van der Waals surface area contributed by atoms with E-state index in [1.54, 1.807) is 6.92 Å². The average molecular weight is 485 g/mol. The van der Waals surface area contributed by atoms with Crippen LogP contribution in [0.1, 0.15) is 40.3 Å². The quantitative estimate of drug-likeness (QED) is 0.118. The molecule has 0 saturated heterocycles. The highest BCUT2D eigenvalue weighted by Crippen LogP contribution is 2.37. The van der Waals surface area contributed by atoms with E-state index in [0.29, 0.717) is 16.7 Å². The number of phenolic OH excluding ortho intramolecular Hbond substituents is 1. The van der Waals surface area contributed by atoms with Crippen molar-refractivity contribution in [3.63, 3.8) is 0 Å². The van der Waals surface area contributed by atoms with Crippen molar-refractivity contribution >= 4 is 42.4 Å². The average Bonchev–Trinajstić information content (AvgIpc) is 2.92. The number of ether oxygens (including phenoxy) is 1. The first-order valence-corrected chi connectivity index (χ1v) is 12.0. The molecule has 0 amide bonds. The summed E-state index contributed by atoms with van der Waals surface area (Å²) in [4.78, 5) is 12.5. The lowest BCUT2D eigenvalue weighted by Crippen LogP contribution is -2.10. The van der Waals surface area contributed by atoms with Gasteiger partial charge in [0.25, 0.3) is 0 Å². The first-order chi connectivity index (χ1) is 18.0. The maximum atomic E-state index is 12.5. The molecule has 0 heterocycles. The molecule has 0 spiro atoms. The monoisotopic (exact) mass is 484 g/mol. The molecule has 0 aliphatic carbocycles. The van der Waals surface area contributed by atoms with Crippen molar-refractivity contribution in [2.45, 2.75) is 6.92 Å². The van der Waals surface area contributed by atoms with E-state index in [1.807, 2.05) is 127 Å². The van der Waals surface area contributed by atoms with Crippen LogP contribution in [0.5, 0.6) is 11.5 Å². The molecule has 182 valence electrons. The summed E-state index contributed by atoms with van der Waals surface area (Å²) in [5.74, 6) is -0.303. The Labute approximate surface area is 218 Å². The van der Waals surface area contributed by atoms with Gasteiger partial charge in [-0.15, -0.1) is 0 Å². The molecular formula is C34H28O3. The Bertz CT molecular complexity index is 1460. The fourth-order valence-corrected chi connectivity index (χ4v) is 3.72. The van der Waals surface area contributed by atoms with E-state index in [9.17, 15) is 9.90 Å². The van der Waals surface area contributed by atoms with Crippen molar-refractivity contribution in [3.05, 3.63) is 143 Å². The van der Waals surface area contributed by atoms with Crippen LogP contribution in [0, 0.1) is 0 Å². The molecule has 4 aromatic carbocycles. The number of esters is 1.